The Morgan fingerprint density at radius 1 is 1.35 bits per heavy atom. The van der Waals surface area contributed by atoms with Gasteiger partial charge in [0.1, 0.15) is 0 Å². The summed E-state index contributed by atoms with van der Waals surface area (Å²) in [6.45, 7) is 2.23. The number of aryl methyl sites for hydroxylation is 1. The summed E-state index contributed by atoms with van der Waals surface area (Å²) in [7, 11) is 0. The van der Waals surface area contributed by atoms with Gasteiger partial charge in [-0.05, 0) is 18.6 Å². The highest BCUT2D eigenvalue weighted by Gasteiger charge is 2.07. The minimum Gasteiger partial charge on any atom is -0.504 e. The average Bonchev–Trinajstić information content (AvgIpc) is 2.76. The van der Waals surface area contributed by atoms with E-state index in [0.29, 0.717) is 17.5 Å². The van der Waals surface area contributed by atoms with Gasteiger partial charge in [-0.2, -0.15) is 4.98 Å². The van der Waals surface area contributed by atoms with E-state index in [1.54, 1.807) is 24.3 Å². The third-order valence-electron chi connectivity index (χ3n) is 2.20. The van der Waals surface area contributed by atoms with Crippen molar-refractivity contribution in [2.45, 2.75) is 26.4 Å². The third-order valence-corrected chi connectivity index (χ3v) is 2.20. The Balaban J connectivity index is 1.95. The summed E-state index contributed by atoms with van der Waals surface area (Å²) in [5.74, 6) is 1.61. The first-order valence-electron chi connectivity index (χ1n) is 5.52. The summed E-state index contributed by atoms with van der Waals surface area (Å²) in [6, 6.07) is 6.76. The molecule has 0 unspecified atom stereocenters. The van der Waals surface area contributed by atoms with Crippen molar-refractivity contribution in [2.24, 2.45) is 0 Å². The van der Waals surface area contributed by atoms with Gasteiger partial charge < -0.3 is 14.4 Å². The van der Waals surface area contributed by atoms with Crippen molar-refractivity contribution >= 4 is 0 Å². The van der Waals surface area contributed by atoms with Gasteiger partial charge in [0.25, 0.3) is 0 Å². The number of rotatable bonds is 5. The zero-order chi connectivity index (χ0) is 12.1. The first-order valence-corrected chi connectivity index (χ1v) is 5.52. The van der Waals surface area contributed by atoms with Crippen LogP contribution >= 0.6 is 0 Å². The molecule has 0 atom stereocenters. The molecular formula is C12H14N2O3. The largest absolute Gasteiger partial charge is 0.504 e. The van der Waals surface area contributed by atoms with Crippen LogP contribution < -0.4 is 4.74 Å². The first kappa shape index (κ1) is 11.4. The lowest BCUT2D eigenvalue weighted by Gasteiger charge is -2.04. The predicted molar refractivity (Wildman–Crippen MR) is 60.7 cm³/mol. The molecule has 1 heterocycles. The molecule has 1 aromatic heterocycles. The van der Waals surface area contributed by atoms with Gasteiger partial charge in [-0.3, -0.25) is 0 Å². The Bertz CT molecular complexity index is 482. The summed E-state index contributed by atoms with van der Waals surface area (Å²) in [4.78, 5) is 4.16. The molecule has 0 saturated carbocycles. The summed E-state index contributed by atoms with van der Waals surface area (Å²) in [5, 5.41) is 13.3. The van der Waals surface area contributed by atoms with Crippen LogP contribution in [-0.2, 0) is 13.0 Å². The first-order chi connectivity index (χ1) is 8.29. The van der Waals surface area contributed by atoms with Gasteiger partial charge in [0.05, 0.1) is 0 Å². The number of hydrogen-bond acceptors (Lipinski definition) is 5. The molecule has 0 aliphatic carbocycles. The van der Waals surface area contributed by atoms with Crippen molar-refractivity contribution in [1.29, 1.82) is 0 Å². The molecule has 17 heavy (non-hydrogen) atoms. The molecule has 5 nitrogen and oxygen atoms in total. The maximum atomic E-state index is 9.49. The van der Waals surface area contributed by atoms with Gasteiger partial charge >= 0.3 is 0 Å². The van der Waals surface area contributed by atoms with Crippen molar-refractivity contribution in [3.63, 3.8) is 0 Å². The zero-order valence-electron chi connectivity index (χ0n) is 9.59. The predicted octanol–water partition coefficient (Wildman–Crippen LogP) is 2.31. The van der Waals surface area contributed by atoms with E-state index >= 15 is 0 Å². The van der Waals surface area contributed by atoms with E-state index in [-0.39, 0.29) is 12.4 Å². The number of para-hydroxylation sites is 2. The van der Waals surface area contributed by atoms with Gasteiger partial charge in [0.15, 0.2) is 18.1 Å². The van der Waals surface area contributed by atoms with E-state index in [0.717, 1.165) is 12.8 Å². The number of benzene rings is 1. The SMILES string of the molecule is CCCc1nc(COc2ccccc2O)no1. The maximum absolute atomic E-state index is 9.49. The minimum absolute atomic E-state index is 0.102. The van der Waals surface area contributed by atoms with E-state index in [1.165, 1.54) is 0 Å². The molecule has 0 fully saturated rings. The fourth-order valence-corrected chi connectivity index (χ4v) is 1.39. The van der Waals surface area contributed by atoms with Crippen LogP contribution in [0.25, 0.3) is 0 Å². The molecule has 0 bridgehead atoms. The van der Waals surface area contributed by atoms with Gasteiger partial charge in [-0.1, -0.05) is 24.2 Å². The second kappa shape index (κ2) is 5.34. The smallest absolute Gasteiger partial charge is 0.226 e. The second-order valence-corrected chi connectivity index (χ2v) is 3.61. The van der Waals surface area contributed by atoms with Gasteiger partial charge in [0, 0.05) is 6.42 Å². The molecule has 0 spiro atoms. The molecule has 2 rings (SSSR count). The standard InChI is InChI=1S/C12H14N2O3/c1-2-5-12-13-11(14-17-12)8-16-10-7-4-3-6-9(10)15/h3-4,6-7,15H,2,5,8H2,1H3. The van der Waals surface area contributed by atoms with Gasteiger partial charge in [-0.25, -0.2) is 0 Å². The molecule has 1 N–H and O–H groups in total. The van der Waals surface area contributed by atoms with Crippen LogP contribution in [0.1, 0.15) is 25.1 Å². The number of ether oxygens (including phenoxy) is 1. The average molecular weight is 234 g/mol. The fraction of sp³-hybridized carbons (Fsp3) is 0.333. The van der Waals surface area contributed by atoms with Crippen LogP contribution in [0.5, 0.6) is 11.5 Å². The van der Waals surface area contributed by atoms with Crippen LogP contribution in [0.4, 0.5) is 0 Å². The van der Waals surface area contributed by atoms with E-state index in [4.69, 9.17) is 9.26 Å². The highest BCUT2D eigenvalue weighted by molar-refractivity contribution is 5.37. The lowest BCUT2D eigenvalue weighted by atomic mass is 10.3. The number of aromatic nitrogens is 2. The highest BCUT2D eigenvalue weighted by atomic mass is 16.5. The molecule has 0 amide bonds. The number of phenolic OH excluding ortho intramolecular Hbond substituents is 1. The van der Waals surface area contributed by atoms with Crippen molar-refractivity contribution in [1.82, 2.24) is 10.1 Å². The van der Waals surface area contributed by atoms with Crippen molar-refractivity contribution in [2.75, 3.05) is 0 Å². The lowest BCUT2D eigenvalue weighted by molar-refractivity contribution is 0.272. The number of aromatic hydroxyl groups is 1. The molecule has 0 aliphatic heterocycles. The molecule has 0 aliphatic rings. The lowest BCUT2D eigenvalue weighted by Crippen LogP contribution is -1.98. The Hall–Kier alpha value is -2.04. The summed E-state index contributed by atoms with van der Waals surface area (Å²) >= 11 is 0. The van der Waals surface area contributed by atoms with E-state index < -0.39 is 0 Å². The summed E-state index contributed by atoms with van der Waals surface area (Å²) in [5.41, 5.74) is 0. The zero-order valence-corrected chi connectivity index (χ0v) is 9.59. The van der Waals surface area contributed by atoms with Crippen LogP contribution in [-0.4, -0.2) is 15.2 Å². The highest BCUT2D eigenvalue weighted by Crippen LogP contribution is 2.24. The monoisotopic (exact) mass is 234 g/mol. The molecule has 5 heteroatoms. The van der Waals surface area contributed by atoms with E-state index in [2.05, 4.69) is 10.1 Å². The second-order valence-electron chi connectivity index (χ2n) is 3.61. The molecule has 1 aromatic carbocycles. The van der Waals surface area contributed by atoms with E-state index in [1.807, 2.05) is 6.92 Å². The summed E-state index contributed by atoms with van der Waals surface area (Å²) < 4.78 is 10.4. The van der Waals surface area contributed by atoms with E-state index in [9.17, 15) is 5.11 Å². The normalized spacial score (nSPS) is 10.4. The minimum atomic E-state index is 0.102. The van der Waals surface area contributed by atoms with Crippen molar-refractivity contribution in [3.05, 3.63) is 36.0 Å². The number of nitrogens with zero attached hydrogens (tertiary/aromatic N) is 2. The Morgan fingerprint density at radius 2 is 2.18 bits per heavy atom. The molecule has 90 valence electrons. The summed E-state index contributed by atoms with van der Waals surface area (Å²) in [6.07, 6.45) is 1.73. The quantitative estimate of drug-likeness (QED) is 0.859. The topological polar surface area (TPSA) is 68.4 Å². The Labute approximate surface area is 99.0 Å². The van der Waals surface area contributed by atoms with Crippen molar-refractivity contribution < 1.29 is 14.4 Å². The van der Waals surface area contributed by atoms with Gasteiger partial charge in [-0.15, -0.1) is 0 Å². The van der Waals surface area contributed by atoms with Crippen LogP contribution in [0, 0.1) is 0 Å². The Kier molecular flexibility index (Phi) is 3.59. The number of hydrogen-bond donors (Lipinski definition) is 1. The molecule has 0 radical (unpaired) electrons. The molecule has 2 aromatic rings. The number of phenols is 1. The van der Waals surface area contributed by atoms with Crippen LogP contribution in [0.15, 0.2) is 28.8 Å². The fourth-order valence-electron chi connectivity index (χ4n) is 1.39. The molecular weight excluding hydrogens is 220 g/mol. The van der Waals surface area contributed by atoms with Gasteiger partial charge in [0.2, 0.25) is 11.7 Å². The van der Waals surface area contributed by atoms with Crippen LogP contribution in [0.3, 0.4) is 0 Å². The maximum Gasteiger partial charge on any atom is 0.226 e. The Morgan fingerprint density at radius 3 is 2.94 bits per heavy atom. The molecule has 0 saturated heterocycles. The van der Waals surface area contributed by atoms with Crippen LogP contribution in [0.2, 0.25) is 0 Å². The van der Waals surface area contributed by atoms with Crippen molar-refractivity contribution in [3.8, 4) is 11.5 Å². The third kappa shape index (κ3) is 2.96.